The van der Waals surface area contributed by atoms with Gasteiger partial charge in [-0.2, -0.15) is 0 Å². The van der Waals surface area contributed by atoms with Crippen molar-refractivity contribution in [2.24, 2.45) is 0 Å². The molecule has 1 amide bonds. The van der Waals surface area contributed by atoms with E-state index in [0.29, 0.717) is 12.1 Å². The second-order valence-corrected chi connectivity index (χ2v) is 8.04. The molecule has 3 fully saturated rings. The quantitative estimate of drug-likeness (QED) is 0.864. The SMILES string of the molecule is CC(=O)N(c1nc(CN2CCC(N3CCNCC3)C2)cs1)C1CC1. The van der Waals surface area contributed by atoms with E-state index >= 15 is 0 Å². The first-order chi connectivity index (χ1) is 11.7. The van der Waals surface area contributed by atoms with E-state index in [0.717, 1.165) is 56.4 Å². The Labute approximate surface area is 147 Å². The van der Waals surface area contributed by atoms with E-state index < -0.39 is 0 Å². The van der Waals surface area contributed by atoms with Crippen molar-refractivity contribution in [1.29, 1.82) is 0 Å². The van der Waals surface area contributed by atoms with Gasteiger partial charge in [-0.3, -0.25) is 19.5 Å². The van der Waals surface area contributed by atoms with Gasteiger partial charge in [0.15, 0.2) is 5.13 Å². The summed E-state index contributed by atoms with van der Waals surface area (Å²) < 4.78 is 0. The summed E-state index contributed by atoms with van der Waals surface area (Å²) >= 11 is 1.62. The van der Waals surface area contributed by atoms with Crippen LogP contribution in [-0.4, -0.2) is 72.0 Å². The number of aromatic nitrogens is 1. The lowest BCUT2D eigenvalue weighted by molar-refractivity contribution is -0.116. The van der Waals surface area contributed by atoms with E-state index in [2.05, 4.69) is 20.5 Å². The minimum absolute atomic E-state index is 0.123. The molecule has 0 bridgehead atoms. The van der Waals surface area contributed by atoms with Crippen LogP contribution in [-0.2, 0) is 11.3 Å². The van der Waals surface area contributed by atoms with Crippen LogP contribution in [0.5, 0.6) is 0 Å². The van der Waals surface area contributed by atoms with Gasteiger partial charge in [0.25, 0.3) is 0 Å². The van der Waals surface area contributed by atoms with Gasteiger partial charge in [-0.05, 0) is 19.3 Å². The molecule has 1 aromatic rings. The second-order valence-electron chi connectivity index (χ2n) is 7.21. The third-order valence-corrected chi connectivity index (χ3v) is 6.19. The topological polar surface area (TPSA) is 51.7 Å². The number of nitrogens with zero attached hydrogens (tertiary/aromatic N) is 4. The lowest BCUT2D eigenvalue weighted by Gasteiger charge is -2.32. The minimum atomic E-state index is 0.123. The Hall–Kier alpha value is -1.02. The monoisotopic (exact) mass is 349 g/mol. The summed E-state index contributed by atoms with van der Waals surface area (Å²) in [6.45, 7) is 9.45. The second kappa shape index (κ2) is 7.07. The molecule has 1 unspecified atom stereocenters. The van der Waals surface area contributed by atoms with E-state index in [1.807, 2.05) is 4.90 Å². The van der Waals surface area contributed by atoms with Gasteiger partial charge >= 0.3 is 0 Å². The number of rotatable bonds is 5. The van der Waals surface area contributed by atoms with Crippen molar-refractivity contribution in [2.75, 3.05) is 44.2 Å². The third-order valence-electron chi connectivity index (χ3n) is 5.30. The van der Waals surface area contributed by atoms with E-state index in [1.54, 1.807) is 18.3 Å². The number of piperazine rings is 1. The zero-order valence-electron chi connectivity index (χ0n) is 14.4. The summed E-state index contributed by atoms with van der Waals surface area (Å²) in [6, 6.07) is 1.09. The maximum absolute atomic E-state index is 11.9. The van der Waals surface area contributed by atoms with Gasteiger partial charge in [0.1, 0.15) is 0 Å². The Kier molecular flexibility index (Phi) is 4.85. The molecule has 1 atom stereocenters. The lowest BCUT2D eigenvalue weighted by Crippen LogP contribution is -2.49. The Morgan fingerprint density at radius 2 is 2.12 bits per heavy atom. The fraction of sp³-hybridized carbons (Fsp3) is 0.765. The van der Waals surface area contributed by atoms with Crippen LogP contribution in [0.25, 0.3) is 0 Å². The minimum Gasteiger partial charge on any atom is -0.314 e. The Balaban J connectivity index is 1.34. The molecule has 2 aliphatic heterocycles. The van der Waals surface area contributed by atoms with Crippen LogP contribution >= 0.6 is 11.3 Å². The highest BCUT2D eigenvalue weighted by molar-refractivity contribution is 7.14. The molecule has 3 heterocycles. The maximum atomic E-state index is 11.9. The number of hydrogen-bond acceptors (Lipinski definition) is 6. The number of nitrogens with one attached hydrogen (secondary N) is 1. The van der Waals surface area contributed by atoms with Gasteiger partial charge in [0, 0.05) is 70.2 Å². The molecule has 1 N–H and O–H groups in total. The van der Waals surface area contributed by atoms with Crippen LogP contribution in [0, 0.1) is 0 Å². The number of carbonyl (C=O) groups excluding carboxylic acids is 1. The van der Waals surface area contributed by atoms with Crippen molar-refractivity contribution < 1.29 is 4.79 Å². The molecule has 4 rings (SSSR count). The number of anilines is 1. The van der Waals surface area contributed by atoms with Gasteiger partial charge in [-0.1, -0.05) is 0 Å². The normalized spacial score (nSPS) is 26.0. The molecule has 0 radical (unpaired) electrons. The van der Waals surface area contributed by atoms with Crippen molar-refractivity contribution in [3.05, 3.63) is 11.1 Å². The smallest absolute Gasteiger partial charge is 0.225 e. The molecule has 0 aromatic carbocycles. The van der Waals surface area contributed by atoms with Crippen LogP contribution in [0.1, 0.15) is 31.9 Å². The van der Waals surface area contributed by atoms with Gasteiger partial charge in [0.2, 0.25) is 5.91 Å². The van der Waals surface area contributed by atoms with Crippen LogP contribution in [0.4, 0.5) is 5.13 Å². The average Bonchev–Trinajstić information content (AvgIpc) is 3.11. The van der Waals surface area contributed by atoms with Crippen LogP contribution in [0.15, 0.2) is 5.38 Å². The summed E-state index contributed by atoms with van der Waals surface area (Å²) in [5.41, 5.74) is 1.11. The van der Waals surface area contributed by atoms with Crippen molar-refractivity contribution in [1.82, 2.24) is 20.1 Å². The average molecular weight is 350 g/mol. The zero-order valence-corrected chi connectivity index (χ0v) is 15.2. The Bertz CT molecular complexity index is 581. The summed E-state index contributed by atoms with van der Waals surface area (Å²) in [5, 5.41) is 6.45. The largest absolute Gasteiger partial charge is 0.314 e. The van der Waals surface area contributed by atoms with Crippen molar-refractivity contribution in [3.8, 4) is 0 Å². The molecule has 7 heteroatoms. The van der Waals surface area contributed by atoms with E-state index in [4.69, 9.17) is 4.98 Å². The highest BCUT2D eigenvalue weighted by atomic mass is 32.1. The predicted molar refractivity (Wildman–Crippen MR) is 96.4 cm³/mol. The number of likely N-dealkylation sites (tertiary alicyclic amines) is 1. The van der Waals surface area contributed by atoms with E-state index in [1.165, 1.54) is 19.5 Å². The Morgan fingerprint density at radius 1 is 1.33 bits per heavy atom. The van der Waals surface area contributed by atoms with Crippen molar-refractivity contribution in [3.63, 3.8) is 0 Å². The van der Waals surface area contributed by atoms with Crippen LogP contribution in [0.2, 0.25) is 0 Å². The zero-order chi connectivity index (χ0) is 16.5. The van der Waals surface area contributed by atoms with Gasteiger partial charge in [-0.15, -0.1) is 11.3 Å². The van der Waals surface area contributed by atoms with E-state index in [9.17, 15) is 4.79 Å². The standard InChI is InChI=1S/C17H27N5OS/c1-13(23)22(15-2-3-15)17-19-14(12-24-17)10-20-7-4-16(11-20)21-8-5-18-6-9-21/h12,15-16,18H,2-11H2,1H3. The molecule has 2 saturated heterocycles. The van der Waals surface area contributed by atoms with Gasteiger partial charge < -0.3 is 5.32 Å². The lowest BCUT2D eigenvalue weighted by atomic mass is 10.2. The van der Waals surface area contributed by atoms with E-state index in [-0.39, 0.29) is 5.91 Å². The molecule has 0 spiro atoms. The summed E-state index contributed by atoms with van der Waals surface area (Å²) in [5.74, 6) is 0.123. The first kappa shape index (κ1) is 16.4. The molecule has 1 aliphatic carbocycles. The first-order valence-electron chi connectivity index (χ1n) is 9.12. The van der Waals surface area contributed by atoms with Gasteiger partial charge in [0.05, 0.1) is 5.69 Å². The van der Waals surface area contributed by atoms with Crippen LogP contribution in [0.3, 0.4) is 0 Å². The third kappa shape index (κ3) is 3.64. The van der Waals surface area contributed by atoms with Gasteiger partial charge in [-0.25, -0.2) is 4.98 Å². The molecule has 24 heavy (non-hydrogen) atoms. The van der Waals surface area contributed by atoms with Crippen molar-refractivity contribution in [2.45, 2.75) is 44.8 Å². The molecule has 6 nitrogen and oxygen atoms in total. The fourth-order valence-corrected chi connectivity index (χ4v) is 4.82. The number of hydrogen-bond donors (Lipinski definition) is 1. The number of amides is 1. The molecule has 1 saturated carbocycles. The molecule has 3 aliphatic rings. The molecular weight excluding hydrogens is 322 g/mol. The number of thiazole rings is 1. The summed E-state index contributed by atoms with van der Waals surface area (Å²) in [4.78, 5) is 23.7. The molecule has 1 aromatic heterocycles. The predicted octanol–water partition coefficient (Wildman–Crippen LogP) is 1.14. The van der Waals surface area contributed by atoms with Crippen molar-refractivity contribution >= 4 is 22.4 Å². The summed E-state index contributed by atoms with van der Waals surface area (Å²) in [6.07, 6.45) is 3.50. The Morgan fingerprint density at radius 3 is 2.83 bits per heavy atom. The first-order valence-corrected chi connectivity index (χ1v) is 10.00. The van der Waals surface area contributed by atoms with Crippen LogP contribution < -0.4 is 10.2 Å². The number of carbonyl (C=O) groups is 1. The maximum Gasteiger partial charge on any atom is 0.225 e. The summed E-state index contributed by atoms with van der Waals surface area (Å²) in [7, 11) is 0. The highest BCUT2D eigenvalue weighted by Gasteiger charge is 2.34. The fourth-order valence-electron chi connectivity index (χ4n) is 3.89. The molecular formula is C17H27N5OS. The molecule has 132 valence electrons. The highest BCUT2D eigenvalue weighted by Crippen LogP contribution is 2.34.